The van der Waals surface area contributed by atoms with Crippen molar-refractivity contribution < 1.29 is 4.42 Å². The van der Waals surface area contributed by atoms with Crippen LogP contribution in [0, 0.1) is 11.8 Å². The minimum absolute atomic E-state index is 0.359. The van der Waals surface area contributed by atoms with Crippen LogP contribution in [0.25, 0.3) is 22.6 Å². The third-order valence-corrected chi connectivity index (χ3v) is 13.1. The number of benzene rings is 1. The van der Waals surface area contributed by atoms with Crippen molar-refractivity contribution in [2.24, 2.45) is 11.8 Å². The molecule has 2 aromatic rings. The molecular weight excluding hydrogens is 581 g/mol. The molecule has 46 heavy (non-hydrogen) atoms. The highest BCUT2D eigenvalue weighted by molar-refractivity contribution is 8.00. The lowest BCUT2D eigenvalue weighted by atomic mass is 9.70. The summed E-state index contributed by atoms with van der Waals surface area (Å²) in [4.78, 5) is 4.98. The van der Waals surface area contributed by atoms with Gasteiger partial charge in [-0.2, -0.15) is 11.8 Å². The van der Waals surface area contributed by atoms with E-state index in [0.717, 1.165) is 64.4 Å². The Bertz CT molecular complexity index is 1660. The summed E-state index contributed by atoms with van der Waals surface area (Å²) in [5, 5.41) is 6.67. The predicted octanol–water partition coefficient (Wildman–Crippen LogP) is 9.64. The van der Waals surface area contributed by atoms with Gasteiger partial charge >= 0.3 is 0 Å². The van der Waals surface area contributed by atoms with Crippen LogP contribution in [0.1, 0.15) is 76.0 Å². The van der Waals surface area contributed by atoms with Crippen LogP contribution in [-0.2, 0) is 0 Å². The molecule has 3 fully saturated rings. The molecule has 3 saturated heterocycles. The van der Waals surface area contributed by atoms with Gasteiger partial charge in [0.25, 0.3) is 0 Å². The Morgan fingerprint density at radius 2 is 1.93 bits per heavy atom. The molecule has 6 aliphatic rings. The largest absolute Gasteiger partial charge is 0.455 e. The van der Waals surface area contributed by atoms with Gasteiger partial charge < -0.3 is 14.2 Å². The minimum atomic E-state index is 0.359. The number of hydrogen-bond acceptors (Lipinski definition) is 5. The minimum Gasteiger partial charge on any atom is -0.455 e. The van der Waals surface area contributed by atoms with Crippen molar-refractivity contribution in [3.05, 3.63) is 103 Å². The summed E-state index contributed by atoms with van der Waals surface area (Å²) in [6.45, 7) is 11.3. The second-order valence-corrected chi connectivity index (χ2v) is 15.6. The molecule has 8 rings (SSSR count). The Morgan fingerprint density at radius 3 is 2.83 bits per heavy atom. The van der Waals surface area contributed by atoms with E-state index in [9.17, 15) is 0 Å². The smallest absolute Gasteiger partial charge is 0.142 e. The van der Waals surface area contributed by atoms with Crippen LogP contribution in [0.3, 0.4) is 0 Å². The number of furan rings is 1. The summed E-state index contributed by atoms with van der Waals surface area (Å²) in [5.41, 5.74) is 6.45. The average Bonchev–Trinajstić information content (AvgIpc) is 3.76. The molecule has 0 amide bonds. The van der Waals surface area contributed by atoms with Gasteiger partial charge in [0.2, 0.25) is 0 Å². The Balaban J connectivity index is 1.16. The molecule has 1 radical (unpaired) electrons. The molecule has 0 spiro atoms. The summed E-state index contributed by atoms with van der Waals surface area (Å²) < 4.78 is 6.62. The van der Waals surface area contributed by atoms with Gasteiger partial charge in [0.05, 0.1) is 6.17 Å². The highest BCUT2D eigenvalue weighted by Crippen LogP contribution is 2.53. The fraction of sp³-hybridized carbons (Fsp3) is 0.450. The van der Waals surface area contributed by atoms with E-state index in [2.05, 4.69) is 127 Å². The zero-order valence-electron chi connectivity index (χ0n) is 27.2. The van der Waals surface area contributed by atoms with Gasteiger partial charge in [-0.1, -0.05) is 56.3 Å². The van der Waals surface area contributed by atoms with Gasteiger partial charge in [-0.15, -0.1) is 0 Å². The first-order valence-electron chi connectivity index (χ1n) is 17.7. The SMILES string of the molecule is C=C1CC/C=C\N(C2=CCCC=C2)/C=C\c2c(oc3ccc(N4C5[B]CCC5C5C(S[C@@H]6CC=CCCC6)C(C)NC54)cc23)C1=C. The normalized spacial score (nSPS) is 34.0. The zero-order valence-corrected chi connectivity index (χ0v) is 28.1. The first-order valence-corrected chi connectivity index (χ1v) is 18.6. The first-order chi connectivity index (χ1) is 22.6. The molecule has 6 unspecified atom stereocenters. The summed E-state index contributed by atoms with van der Waals surface area (Å²) >= 11 is 2.30. The van der Waals surface area contributed by atoms with Crippen molar-refractivity contribution in [1.29, 1.82) is 0 Å². The molecule has 6 heteroatoms. The molecule has 4 aliphatic heterocycles. The van der Waals surface area contributed by atoms with Crippen LogP contribution < -0.4 is 10.2 Å². The van der Waals surface area contributed by atoms with E-state index in [1.54, 1.807) is 0 Å². The second kappa shape index (κ2) is 12.8. The Kier molecular flexibility index (Phi) is 8.45. The van der Waals surface area contributed by atoms with Crippen molar-refractivity contribution in [2.45, 2.75) is 99.7 Å². The summed E-state index contributed by atoms with van der Waals surface area (Å²) in [6.07, 6.45) is 32.5. The Morgan fingerprint density at radius 1 is 1.00 bits per heavy atom. The van der Waals surface area contributed by atoms with Crippen LogP contribution in [0.5, 0.6) is 0 Å². The van der Waals surface area contributed by atoms with Gasteiger partial charge in [0.15, 0.2) is 0 Å². The molecule has 1 aromatic heterocycles. The van der Waals surface area contributed by atoms with E-state index in [1.807, 2.05) is 0 Å². The van der Waals surface area contributed by atoms with E-state index in [-0.39, 0.29) is 0 Å². The zero-order chi connectivity index (χ0) is 31.2. The lowest BCUT2D eigenvalue weighted by Crippen LogP contribution is -2.47. The number of rotatable bonds is 4. The number of anilines is 1. The molecular formula is C40H47BN3OS. The van der Waals surface area contributed by atoms with Crippen LogP contribution in [0.4, 0.5) is 5.69 Å². The van der Waals surface area contributed by atoms with Crippen molar-refractivity contribution in [2.75, 3.05) is 4.90 Å². The van der Waals surface area contributed by atoms with Crippen molar-refractivity contribution in [1.82, 2.24) is 10.2 Å². The monoisotopic (exact) mass is 628 g/mol. The number of nitrogens with zero attached hydrogens (tertiary/aromatic N) is 2. The summed E-state index contributed by atoms with van der Waals surface area (Å²) in [6, 6.07) is 7.39. The van der Waals surface area contributed by atoms with Gasteiger partial charge in [0, 0.05) is 68.7 Å². The van der Waals surface area contributed by atoms with Gasteiger partial charge in [-0.3, -0.25) is 5.32 Å². The molecule has 7 atom stereocenters. The Labute approximate surface area is 280 Å². The van der Waals surface area contributed by atoms with Crippen LogP contribution in [-0.4, -0.2) is 40.8 Å². The Hall–Kier alpha value is -3.09. The summed E-state index contributed by atoms with van der Waals surface area (Å²) in [7, 11) is 2.61. The van der Waals surface area contributed by atoms with Crippen LogP contribution >= 0.6 is 11.8 Å². The highest BCUT2D eigenvalue weighted by atomic mass is 32.2. The molecule has 0 bridgehead atoms. The topological polar surface area (TPSA) is 31.7 Å². The standard InChI is InChI=1S/C40H47BN3OS/c1-26-13-11-12-23-43(29-14-7-6-8-15-29)24-21-32-34-25-30(18-19-35(34)45-37(32)27(26)2)44-39-33(20-22-41-39)36-38(28(3)42-40(36)44)46-31-16-9-4-5-10-17-31/h4,7,9,12,14-15,18-19,21,23-25,28,31,33,36,38-40,42H,1-2,5-6,8,10-11,13,16-17,20,22H2,3H3/b23-12-,24-21-/t28?,31-,33?,36?,38?,39?,40?/m1/s1. The van der Waals surface area contributed by atoms with Gasteiger partial charge in [-0.05, 0) is 100 Å². The number of fused-ring (bicyclic) bond motifs is 6. The molecule has 1 aromatic carbocycles. The van der Waals surface area contributed by atoms with E-state index in [4.69, 9.17) is 4.42 Å². The number of thioether (sulfide) groups is 1. The van der Waals surface area contributed by atoms with Crippen molar-refractivity contribution in [3.8, 4) is 0 Å². The molecule has 4 nitrogen and oxygen atoms in total. The maximum absolute atomic E-state index is 6.62. The van der Waals surface area contributed by atoms with Crippen molar-refractivity contribution in [3.63, 3.8) is 0 Å². The van der Waals surface area contributed by atoms with E-state index >= 15 is 0 Å². The summed E-state index contributed by atoms with van der Waals surface area (Å²) in [5.74, 6) is 2.69. The molecule has 0 saturated carbocycles. The fourth-order valence-electron chi connectivity index (χ4n) is 8.88. The fourth-order valence-corrected chi connectivity index (χ4v) is 10.7. The maximum atomic E-state index is 6.62. The maximum Gasteiger partial charge on any atom is 0.142 e. The number of hydrogen-bond donors (Lipinski definition) is 1. The predicted molar refractivity (Wildman–Crippen MR) is 198 cm³/mol. The highest BCUT2D eigenvalue weighted by Gasteiger charge is 2.58. The third kappa shape index (κ3) is 5.50. The molecule has 2 aliphatic carbocycles. The second-order valence-electron chi connectivity index (χ2n) is 14.1. The van der Waals surface area contributed by atoms with Crippen molar-refractivity contribution >= 4 is 47.3 Å². The third-order valence-electron chi connectivity index (χ3n) is 11.2. The van der Waals surface area contributed by atoms with E-state index in [0.29, 0.717) is 35.2 Å². The number of allylic oxidation sites excluding steroid dienone is 8. The molecule has 5 heterocycles. The lowest BCUT2D eigenvalue weighted by molar-refractivity contribution is 0.392. The van der Waals surface area contributed by atoms with Gasteiger partial charge in [-0.25, -0.2) is 0 Å². The molecule has 237 valence electrons. The molecule has 1 N–H and O–H groups in total. The number of nitrogens with one attached hydrogen (secondary N) is 1. The average molecular weight is 629 g/mol. The lowest BCUT2D eigenvalue weighted by Gasteiger charge is -2.32. The van der Waals surface area contributed by atoms with E-state index in [1.165, 1.54) is 49.8 Å². The van der Waals surface area contributed by atoms with Crippen LogP contribution in [0.15, 0.2) is 95.9 Å². The first kappa shape index (κ1) is 30.3. The van der Waals surface area contributed by atoms with Gasteiger partial charge in [0.1, 0.15) is 18.6 Å². The van der Waals surface area contributed by atoms with Crippen LogP contribution in [0.2, 0.25) is 6.32 Å². The quantitative estimate of drug-likeness (QED) is 0.269. The van der Waals surface area contributed by atoms with E-state index < -0.39 is 0 Å².